The monoisotopic (exact) mass is 691 g/mol. The Bertz CT molecular complexity index is 2610. The maximum Gasteiger partial charge on any atom is 0.164 e. The van der Waals surface area contributed by atoms with Crippen molar-refractivity contribution in [3.8, 4) is 90.3 Å². The lowest BCUT2D eigenvalue weighted by atomic mass is 9.99. The highest BCUT2D eigenvalue weighted by atomic mass is 15.0. The second-order valence-corrected chi connectivity index (χ2v) is 13.0. The Morgan fingerprint density at radius 1 is 0.185 bits per heavy atom. The lowest BCUT2D eigenvalue weighted by molar-refractivity contribution is 1.07. The van der Waals surface area contributed by atoms with Gasteiger partial charge in [-0.25, -0.2) is 24.9 Å². The third-order valence-corrected chi connectivity index (χ3v) is 9.38. The highest BCUT2D eigenvalue weighted by molar-refractivity contribution is 5.77. The Labute approximate surface area is 314 Å². The molecule has 0 unspecified atom stereocenters. The van der Waals surface area contributed by atoms with Gasteiger partial charge in [0.05, 0.1) is 11.4 Å². The lowest BCUT2D eigenvalue weighted by Crippen LogP contribution is -2.00. The molecule has 2 heterocycles. The summed E-state index contributed by atoms with van der Waals surface area (Å²) in [6.07, 6.45) is 0. The predicted molar refractivity (Wildman–Crippen MR) is 219 cm³/mol. The van der Waals surface area contributed by atoms with Crippen LogP contribution >= 0.6 is 0 Å². The summed E-state index contributed by atoms with van der Waals surface area (Å²) in [5.41, 5.74) is 12.0. The second-order valence-electron chi connectivity index (χ2n) is 13.0. The minimum Gasteiger partial charge on any atom is -0.228 e. The van der Waals surface area contributed by atoms with Gasteiger partial charge in [-0.1, -0.05) is 188 Å². The van der Waals surface area contributed by atoms with Crippen LogP contribution in [0.15, 0.2) is 200 Å². The average Bonchev–Trinajstić information content (AvgIpc) is 3.27. The van der Waals surface area contributed by atoms with E-state index in [0.29, 0.717) is 23.3 Å². The molecule has 0 spiro atoms. The van der Waals surface area contributed by atoms with E-state index in [2.05, 4.69) is 115 Å². The van der Waals surface area contributed by atoms with Crippen molar-refractivity contribution >= 4 is 0 Å². The van der Waals surface area contributed by atoms with Crippen molar-refractivity contribution in [1.82, 2.24) is 24.9 Å². The van der Waals surface area contributed by atoms with Crippen LogP contribution in [0, 0.1) is 0 Å². The molecule has 54 heavy (non-hydrogen) atoms. The summed E-state index contributed by atoms with van der Waals surface area (Å²) in [5, 5.41) is 0. The summed E-state index contributed by atoms with van der Waals surface area (Å²) < 4.78 is 0. The van der Waals surface area contributed by atoms with Crippen molar-refractivity contribution in [3.05, 3.63) is 200 Å². The average molecular weight is 692 g/mol. The summed E-state index contributed by atoms with van der Waals surface area (Å²) in [7, 11) is 0. The molecule has 5 heteroatoms. The zero-order chi connectivity index (χ0) is 36.1. The van der Waals surface area contributed by atoms with E-state index in [-0.39, 0.29) is 0 Å². The van der Waals surface area contributed by atoms with Crippen LogP contribution in [0.4, 0.5) is 0 Å². The molecule has 9 aromatic rings. The molecule has 5 nitrogen and oxygen atoms in total. The molecule has 0 saturated heterocycles. The molecule has 2 aromatic heterocycles. The van der Waals surface area contributed by atoms with Crippen LogP contribution in [0.1, 0.15) is 0 Å². The van der Waals surface area contributed by atoms with Crippen LogP contribution in [0.5, 0.6) is 0 Å². The Kier molecular flexibility index (Phi) is 8.86. The van der Waals surface area contributed by atoms with E-state index in [4.69, 9.17) is 24.9 Å². The van der Waals surface area contributed by atoms with E-state index in [1.165, 1.54) is 5.56 Å². The van der Waals surface area contributed by atoms with E-state index < -0.39 is 0 Å². The molecule has 0 aliphatic rings. The van der Waals surface area contributed by atoms with Crippen LogP contribution in [0.3, 0.4) is 0 Å². The van der Waals surface area contributed by atoms with E-state index in [1.54, 1.807) is 0 Å². The van der Waals surface area contributed by atoms with Crippen molar-refractivity contribution in [2.75, 3.05) is 0 Å². The fourth-order valence-electron chi connectivity index (χ4n) is 6.53. The van der Waals surface area contributed by atoms with Crippen molar-refractivity contribution < 1.29 is 0 Å². The van der Waals surface area contributed by atoms with Gasteiger partial charge in [-0.3, -0.25) is 0 Å². The Morgan fingerprint density at radius 3 is 0.963 bits per heavy atom. The van der Waals surface area contributed by atoms with Crippen LogP contribution in [-0.4, -0.2) is 24.9 Å². The number of hydrogen-bond donors (Lipinski definition) is 0. The van der Waals surface area contributed by atoms with Gasteiger partial charge in [-0.05, 0) is 34.4 Å². The third-order valence-electron chi connectivity index (χ3n) is 9.38. The maximum absolute atomic E-state index is 5.12. The first-order valence-electron chi connectivity index (χ1n) is 17.9. The predicted octanol–water partition coefficient (Wildman–Crippen LogP) is 12.0. The highest BCUT2D eigenvalue weighted by Crippen LogP contribution is 2.32. The van der Waals surface area contributed by atoms with Crippen molar-refractivity contribution in [1.29, 1.82) is 0 Å². The molecule has 0 bridgehead atoms. The zero-order valence-electron chi connectivity index (χ0n) is 29.3. The molecule has 9 rings (SSSR count). The lowest BCUT2D eigenvalue weighted by Gasteiger charge is -2.11. The van der Waals surface area contributed by atoms with Crippen LogP contribution in [0.25, 0.3) is 90.3 Å². The van der Waals surface area contributed by atoms with E-state index in [9.17, 15) is 0 Å². The Hall–Kier alpha value is -7.37. The molecule has 0 amide bonds. The van der Waals surface area contributed by atoms with Gasteiger partial charge < -0.3 is 0 Å². The van der Waals surface area contributed by atoms with E-state index in [0.717, 1.165) is 61.5 Å². The molecule has 0 fully saturated rings. The van der Waals surface area contributed by atoms with E-state index in [1.807, 2.05) is 84.9 Å². The Balaban J connectivity index is 1.06. The highest BCUT2D eigenvalue weighted by Gasteiger charge is 2.14. The summed E-state index contributed by atoms with van der Waals surface area (Å²) >= 11 is 0. The van der Waals surface area contributed by atoms with E-state index >= 15 is 0 Å². The Morgan fingerprint density at radius 2 is 0.481 bits per heavy atom. The van der Waals surface area contributed by atoms with Gasteiger partial charge in [-0.15, -0.1) is 0 Å². The molecule has 0 N–H and O–H groups in total. The van der Waals surface area contributed by atoms with Gasteiger partial charge in [0.15, 0.2) is 23.3 Å². The first kappa shape index (κ1) is 32.5. The molecule has 254 valence electrons. The first-order valence-corrected chi connectivity index (χ1v) is 17.9. The van der Waals surface area contributed by atoms with Gasteiger partial charge >= 0.3 is 0 Å². The summed E-state index contributed by atoms with van der Waals surface area (Å²) in [4.78, 5) is 24.8. The number of aromatic nitrogens is 5. The molecular formula is C49H33N5. The van der Waals surface area contributed by atoms with Gasteiger partial charge in [0.1, 0.15) is 0 Å². The quantitative estimate of drug-likeness (QED) is 0.159. The summed E-state index contributed by atoms with van der Waals surface area (Å²) in [5.74, 6) is 2.59. The van der Waals surface area contributed by atoms with Gasteiger partial charge in [0, 0.05) is 33.4 Å². The molecule has 0 aliphatic heterocycles. The fourth-order valence-corrected chi connectivity index (χ4v) is 6.53. The molecule has 0 atom stereocenters. The molecular weight excluding hydrogens is 659 g/mol. The minimum absolute atomic E-state index is 0.627. The number of hydrogen-bond acceptors (Lipinski definition) is 5. The zero-order valence-corrected chi connectivity index (χ0v) is 29.3. The molecule has 0 radical (unpaired) electrons. The fraction of sp³-hybridized carbons (Fsp3) is 0. The summed E-state index contributed by atoms with van der Waals surface area (Å²) in [6.45, 7) is 0. The number of benzene rings is 7. The van der Waals surface area contributed by atoms with Gasteiger partial charge in [-0.2, -0.15) is 0 Å². The number of nitrogens with zero attached hydrogens (tertiary/aromatic N) is 5. The van der Waals surface area contributed by atoms with Crippen molar-refractivity contribution in [3.63, 3.8) is 0 Å². The van der Waals surface area contributed by atoms with Gasteiger partial charge in [0.25, 0.3) is 0 Å². The SMILES string of the molecule is c1ccc(-c2ccc(-c3nc(-c4ccccc4)cc(-c4cccc(-c5ccc(-c6nc(-c7ccccc7)nc(-c7ccccc7)n6)cc5)c4)n3)cc2)cc1. The second kappa shape index (κ2) is 14.7. The largest absolute Gasteiger partial charge is 0.228 e. The molecule has 7 aromatic carbocycles. The topological polar surface area (TPSA) is 64.5 Å². The van der Waals surface area contributed by atoms with Crippen LogP contribution < -0.4 is 0 Å². The van der Waals surface area contributed by atoms with Crippen LogP contribution in [0.2, 0.25) is 0 Å². The van der Waals surface area contributed by atoms with Crippen molar-refractivity contribution in [2.24, 2.45) is 0 Å². The van der Waals surface area contributed by atoms with Crippen molar-refractivity contribution in [2.45, 2.75) is 0 Å². The molecule has 0 saturated carbocycles. The smallest absolute Gasteiger partial charge is 0.164 e. The first-order chi connectivity index (χ1) is 26.7. The summed E-state index contributed by atoms with van der Waals surface area (Å²) in [6, 6.07) is 68.2. The minimum atomic E-state index is 0.627. The third kappa shape index (κ3) is 6.94. The standard InChI is InChI=1S/C49H33N5/c1-5-14-34(15-6-1)35-24-28-40(29-25-35)46-50-44(37-16-7-2-8-17-37)33-45(51-46)43-23-13-22-42(32-43)36-26-30-41(31-27-36)49-53-47(38-18-9-3-10-19-38)52-48(54-49)39-20-11-4-12-21-39/h1-33H. The van der Waals surface area contributed by atoms with Gasteiger partial charge in [0.2, 0.25) is 0 Å². The normalized spacial score (nSPS) is 11.0. The molecule has 0 aliphatic carbocycles. The van der Waals surface area contributed by atoms with Crippen LogP contribution in [-0.2, 0) is 0 Å². The number of rotatable bonds is 8. The maximum atomic E-state index is 5.12.